The molecule has 0 heterocycles. The number of aryl methyl sites for hydroxylation is 1. The zero-order valence-corrected chi connectivity index (χ0v) is 9.40. The monoisotopic (exact) mass is 198 g/mol. The quantitative estimate of drug-likeness (QED) is 0.804. The Kier molecular flexibility index (Phi) is 7.60. The topological polar surface area (TPSA) is 20.2 Å². The van der Waals surface area contributed by atoms with Crippen LogP contribution in [0.1, 0.15) is 19.4 Å². The van der Waals surface area contributed by atoms with Gasteiger partial charge in [-0.25, -0.2) is 0 Å². The van der Waals surface area contributed by atoms with Gasteiger partial charge >= 0.3 is 0 Å². The molecule has 0 spiro atoms. The third-order valence-corrected chi connectivity index (χ3v) is 2.14. The van der Waals surface area contributed by atoms with Crippen LogP contribution >= 0.6 is 11.8 Å². The first-order chi connectivity index (χ1) is 6.33. The fourth-order valence-electron chi connectivity index (χ4n) is 0.883. The van der Waals surface area contributed by atoms with E-state index in [1.165, 1.54) is 5.56 Å². The summed E-state index contributed by atoms with van der Waals surface area (Å²) in [6.07, 6.45) is 3.18. The summed E-state index contributed by atoms with van der Waals surface area (Å²) in [6, 6.07) is 7.39. The van der Waals surface area contributed by atoms with Crippen LogP contribution in [-0.4, -0.2) is 17.1 Å². The van der Waals surface area contributed by atoms with Crippen molar-refractivity contribution < 1.29 is 5.11 Å². The van der Waals surface area contributed by atoms with Crippen LogP contribution in [0.2, 0.25) is 0 Å². The molecule has 1 aromatic rings. The largest absolute Gasteiger partial charge is 0.508 e. The number of aromatic hydroxyl groups is 1. The number of phenolic OH excluding ortho intramolecular Hbond substituents is 1. The van der Waals surface area contributed by atoms with Gasteiger partial charge in [0.2, 0.25) is 0 Å². The molecule has 0 bridgehead atoms. The molecule has 0 atom stereocenters. The van der Waals surface area contributed by atoms with Gasteiger partial charge in [-0.05, 0) is 36.1 Å². The fraction of sp³-hybridized carbons (Fsp3) is 0.455. The second-order valence-electron chi connectivity index (χ2n) is 2.41. The van der Waals surface area contributed by atoms with Gasteiger partial charge in [0.25, 0.3) is 0 Å². The first-order valence-corrected chi connectivity index (χ1v) is 5.99. The lowest BCUT2D eigenvalue weighted by molar-refractivity contribution is 0.475. The molecule has 0 saturated carbocycles. The maximum atomic E-state index is 8.98. The lowest BCUT2D eigenvalue weighted by atomic mass is 10.2. The molecule has 1 aromatic carbocycles. The van der Waals surface area contributed by atoms with E-state index in [2.05, 4.69) is 6.26 Å². The Hall–Kier alpha value is -0.630. The maximum Gasteiger partial charge on any atom is 0.115 e. The van der Waals surface area contributed by atoms with Crippen LogP contribution in [0.3, 0.4) is 0 Å². The molecule has 0 aliphatic heterocycles. The molecular weight excluding hydrogens is 180 g/mol. The Morgan fingerprint density at radius 3 is 2.15 bits per heavy atom. The third kappa shape index (κ3) is 5.58. The summed E-state index contributed by atoms with van der Waals surface area (Å²) in [4.78, 5) is 0. The molecule has 74 valence electrons. The molecule has 13 heavy (non-hydrogen) atoms. The summed E-state index contributed by atoms with van der Waals surface area (Å²) in [5, 5.41) is 8.98. The van der Waals surface area contributed by atoms with E-state index < -0.39 is 0 Å². The van der Waals surface area contributed by atoms with Crippen molar-refractivity contribution in [2.45, 2.75) is 20.3 Å². The molecule has 0 radical (unpaired) electrons. The van der Waals surface area contributed by atoms with E-state index in [1.54, 1.807) is 12.1 Å². The second kappa shape index (κ2) is 7.99. The number of rotatable bonds is 3. The van der Waals surface area contributed by atoms with Crippen LogP contribution in [0.15, 0.2) is 24.3 Å². The van der Waals surface area contributed by atoms with Gasteiger partial charge in [0, 0.05) is 0 Å². The van der Waals surface area contributed by atoms with E-state index in [9.17, 15) is 0 Å². The van der Waals surface area contributed by atoms with Crippen LogP contribution in [0.5, 0.6) is 5.75 Å². The molecule has 0 unspecified atom stereocenters. The molecule has 0 aliphatic carbocycles. The van der Waals surface area contributed by atoms with Crippen LogP contribution in [0.25, 0.3) is 0 Å². The second-order valence-corrected chi connectivity index (χ2v) is 3.39. The van der Waals surface area contributed by atoms with E-state index >= 15 is 0 Å². The van der Waals surface area contributed by atoms with E-state index in [4.69, 9.17) is 5.11 Å². The summed E-state index contributed by atoms with van der Waals surface area (Å²) >= 11 is 1.84. The van der Waals surface area contributed by atoms with Crippen LogP contribution in [0, 0.1) is 0 Å². The van der Waals surface area contributed by atoms with Crippen molar-refractivity contribution in [3.8, 4) is 5.75 Å². The van der Waals surface area contributed by atoms with Gasteiger partial charge in [0.05, 0.1) is 0 Å². The van der Waals surface area contributed by atoms with Crippen LogP contribution in [-0.2, 0) is 6.42 Å². The number of benzene rings is 1. The minimum Gasteiger partial charge on any atom is -0.508 e. The fourth-order valence-corrected chi connectivity index (χ4v) is 1.32. The molecule has 1 rings (SSSR count). The first-order valence-electron chi connectivity index (χ1n) is 4.60. The van der Waals surface area contributed by atoms with Crippen molar-refractivity contribution in [1.29, 1.82) is 0 Å². The standard InChI is InChI=1S/C9H12OS.C2H6/c1-11-7-6-8-2-4-9(10)5-3-8;1-2/h2-5,10H,6-7H2,1H3;1-2H3. The minimum absolute atomic E-state index is 0.345. The normalized spacial score (nSPS) is 8.85. The molecule has 0 amide bonds. The molecule has 0 aliphatic rings. The van der Waals surface area contributed by atoms with Crippen molar-refractivity contribution in [1.82, 2.24) is 0 Å². The van der Waals surface area contributed by atoms with Gasteiger partial charge < -0.3 is 5.11 Å². The molecular formula is C11H18OS. The van der Waals surface area contributed by atoms with E-state index in [0.717, 1.165) is 12.2 Å². The van der Waals surface area contributed by atoms with E-state index in [0.29, 0.717) is 5.75 Å². The Morgan fingerprint density at radius 2 is 1.69 bits per heavy atom. The molecule has 1 N–H and O–H groups in total. The number of hydrogen-bond acceptors (Lipinski definition) is 2. The van der Waals surface area contributed by atoms with Crippen LogP contribution < -0.4 is 0 Å². The Morgan fingerprint density at radius 1 is 1.15 bits per heavy atom. The predicted octanol–water partition coefficient (Wildman–Crippen LogP) is 3.32. The molecule has 1 nitrogen and oxygen atoms in total. The highest BCUT2D eigenvalue weighted by molar-refractivity contribution is 7.98. The van der Waals surface area contributed by atoms with E-state index in [1.807, 2.05) is 37.7 Å². The summed E-state index contributed by atoms with van der Waals surface area (Å²) in [7, 11) is 0. The van der Waals surface area contributed by atoms with Crippen molar-refractivity contribution in [2.75, 3.05) is 12.0 Å². The predicted molar refractivity (Wildman–Crippen MR) is 61.5 cm³/mol. The first kappa shape index (κ1) is 12.4. The molecule has 0 aromatic heterocycles. The summed E-state index contributed by atoms with van der Waals surface area (Å²) in [5.41, 5.74) is 1.29. The number of thioether (sulfide) groups is 1. The lowest BCUT2D eigenvalue weighted by Crippen LogP contribution is -1.85. The Balaban J connectivity index is 0.000000671. The highest BCUT2D eigenvalue weighted by Crippen LogP contribution is 2.11. The summed E-state index contributed by atoms with van der Waals surface area (Å²) in [6.45, 7) is 4.00. The van der Waals surface area contributed by atoms with Gasteiger partial charge in [-0.3, -0.25) is 0 Å². The van der Waals surface area contributed by atoms with Gasteiger partial charge in [-0.1, -0.05) is 26.0 Å². The lowest BCUT2D eigenvalue weighted by Gasteiger charge is -1.98. The SMILES string of the molecule is CC.CSCCc1ccc(O)cc1. The van der Waals surface area contributed by atoms with Gasteiger partial charge in [-0.2, -0.15) is 11.8 Å². The average Bonchev–Trinajstić information content (AvgIpc) is 2.20. The molecule has 2 heteroatoms. The van der Waals surface area contributed by atoms with E-state index in [-0.39, 0.29) is 0 Å². The highest BCUT2D eigenvalue weighted by atomic mass is 32.2. The van der Waals surface area contributed by atoms with Crippen molar-refractivity contribution in [3.63, 3.8) is 0 Å². The average molecular weight is 198 g/mol. The number of phenols is 1. The van der Waals surface area contributed by atoms with Crippen molar-refractivity contribution in [3.05, 3.63) is 29.8 Å². The molecule has 0 fully saturated rings. The Labute approximate surface area is 85.2 Å². The maximum absolute atomic E-state index is 8.98. The van der Waals surface area contributed by atoms with Gasteiger partial charge in [0.1, 0.15) is 5.75 Å². The van der Waals surface area contributed by atoms with Crippen molar-refractivity contribution >= 4 is 11.8 Å². The van der Waals surface area contributed by atoms with Crippen LogP contribution in [0.4, 0.5) is 0 Å². The zero-order chi connectivity index (χ0) is 10.1. The number of hydrogen-bond donors (Lipinski definition) is 1. The smallest absolute Gasteiger partial charge is 0.115 e. The van der Waals surface area contributed by atoms with Gasteiger partial charge in [-0.15, -0.1) is 0 Å². The minimum atomic E-state index is 0.345. The van der Waals surface area contributed by atoms with Gasteiger partial charge in [0.15, 0.2) is 0 Å². The van der Waals surface area contributed by atoms with Crippen molar-refractivity contribution in [2.24, 2.45) is 0 Å². The third-order valence-electron chi connectivity index (χ3n) is 1.53. The summed E-state index contributed by atoms with van der Waals surface area (Å²) in [5.74, 6) is 1.49. The zero-order valence-electron chi connectivity index (χ0n) is 8.58. The summed E-state index contributed by atoms with van der Waals surface area (Å²) < 4.78 is 0. The molecule has 0 saturated heterocycles. The highest BCUT2D eigenvalue weighted by Gasteiger charge is 1.91. The Bertz CT molecular complexity index is 206.